The van der Waals surface area contributed by atoms with Gasteiger partial charge in [0.15, 0.2) is 0 Å². The molecule has 0 fully saturated rings. The Bertz CT molecular complexity index is 1180. The van der Waals surface area contributed by atoms with Crippen LogP contribution in [-0.2, 0) is 19.1 Å². The number of carbonyl (C=O) groups excluding carboxylic acids is 2. The Balaban J connectivity index is 1.78. The van der Waals surface area contributed by atoms with Crippen molar-refractivity contribution in [1.82, 2.24) is 0 Å². The molecule has 9 heteroatoms. The Morgan fingerprint density at radius 2 is 1.44 bits per heavy atom. The average molecular weight is 524 g/mol. The van der Waals surface area contributed by atoms with Crippen LogP contribution in [0.4, 0.5) is 5.69 Å². The summed E-state index contributed by atoms with van der Waals surface area (Å²) in [6.07, 6.45) is 0.504. The molecule has 3 aromatic rings. The fourth-order valence-corrected chi connectivity index (χ4v) is 4.94. The summed E-state index contributed by atoms with van der Waals surface area (Å²) in [4.78, 5) is 40.3. The largest absolute Gasteiger partial charge is 0.491 e. The van der Waals surface area contributed by atoms with E-state index in [2.05, 4.69) is 0 Å². The number of hydrogen-bond donors (Lipinski definition) is 1. The lowest BCUT2D eigenvalue weighted by Crippen LogP contribution is -2.30. The number of benzene rings is 3. The van der Waals surface area contributed by atoms with Gasteiger partial charge in [0.1, 0.15) is 19.0 Å². The number of thioether (sulfide) groups is 2. The molecule has 1 N–H and O–H groups in total. The van der Waals surface area contributed by atoms with Gasteiger partial charge in [0, 0.05) is 14.7 Å². The minimum absolute atomic E-state index is 0.121. The van der Waals surface area contributed by atoms with E-state index in [1.807, 2.05) is 67.6 Å². The van der Waals surface area contributed by atoms with Gasteiger partial charge in [0.2, 0.25) is 6.41 Å². The number of allylic oxidation sites excluding steroid dienone is 1. The number of nitrogens with zero attached hydrogens (tertiary/aromatic N) is 1. The summed E-state index contributed by atoms with van der Waals surface area (Å²) in [6.45, 7) is 1.76. The second-order valence-corrected chi connectivity index (χ2v) is 9.66. The highest BCUT2D eigenvalue weighted by molar-refractivity contribution is 8.07. The molecule has 0 saturated heterocycles. The SMILES string of the molecule is C/C(Sc1ccccc1)=C(/Sc1ccccc1)C(=O)N(C=O)c1ccc(OCCOCC(=O)O)cc1. The van der Waals surface area contributed by atoms with Gasteiger partial charge in [-0.3, -0.25) is 9.59 Å². The monoisotopic (exact) mass is 523 g/mol. The molecule has 0 unspecified atom stereocenters. The van der Waals surface area contributed by atoms with Crippen LogP contribution in [0.5, 0.6) is 5.75 Å². The first kappa shape index (κ1) is 27.1. The van der Waals surface area contributed by atoms with Gasteiger partial charge >= 0.3 is 5.97 Å². The molecule has 0 saturated carbocycles. The Morgan fingerprint density at radius 3 is 2.00 bits per heavy atom. The zero-order valence-electron chi connectivity index (χ0n) is 19.5. The summed E-state index contributed by atoms with van der Waals surface area (Å²) in [5, 5.41) is 8.58. The molecule has 0 bridgehead atoms. The average Bonchev–Trinajstić information content (AvgIpc) is 2.89. The van der Waals surface area contributed by atoms with Crippen molar-refractivity contribution in [2.45, 2.75) is 16.7 Å². The number of carbonyl (C=O) groups is 3. The van der Waals surface area contributed by atoms with Gasteiger partial charge in [-0.1, -0.05) is 59.9 Å². The number of aliphatic carboxylic acids is 1. The zero-order chi connectivity index (χ0) is 25.8. The molecule has 0 atom stereocenters. The zero-order valence-corrected chi connectivity index (χ0v) is 21.2. The lowest BCUT2D eigenvalue weighted by molar-refractivity contribution is -0.142. The van der Waals surface area contributed by atoms with Crippen molar-refractivity contribution >= 4 is 47.5 Å². The molecule has 36 heavy (non-hydrogen) atoms. The van der Waals surface area contributed by atoms with Crippen LogP contribution in [0.2, 0.25) is 0 Å². The van der Waals surface area contributed by atoms with Crippen LogP contribution < -0.4 is 9.64 Å². The van der Waals surface area contributed by atoms with Gasteiger partial charge in [-0.15, -0.1) is 0 Å². The van der Waals surface area contributed by atoms with E-state index < -0.39 is 18.5 Å². The first-order valence-electron chi connectivity index (χ1n) is 11.0. The van der Waals surface area contributed by atoms with Crippen molar-refractivity contribution in [3.8, 4) is 5.75 Å². The molecule has 186 valence electrons. The first-order chi connectivity index (χ1) is 17.5. The molecule has 0 spiro atoms. The quantitative estimate of drug-likeness (QED) is 0.136. The third-order valence-electron chi connectivity index (χ3n) is 4.65. The maximum absolute atomic E-state index is 13.6. The van der Waals surface area contributed by atoms with E-state index in [0.29, 0.717) is 22.8 Å². The predicted octanol–water partition coefficient (Wildman–Crippen LogP) is 5.47. The molecule has 0 aromatic heterocycles. The van der Waals surface area contributed by atoms with E-state index in [0.717, 1.165) is 19.6 Å². The second-order valence-electron chi connectivity index (χ2n) is 7.28. The van der Waals surface area contributed by atoms with Crippen molar-refractivity contribution in [3.05, 3.63) is 94.7 Å². The number of hydrogen-bond acceptors (Lipinski definition) is 7. The lowest BCUT2D eigenvalue weighted by atomic mass is 10.2. The molecular weight excluding hydrogens is 498 g/mol. The van der Waals surface area contributed by atoms with E-state index in [4.69, 9.17) is 14.6 Å². The van der Waals surface area contributed by atoms with Crippen LogP contribution >= 0.6 is 23.5 Å². The van der Waals surface area contributed by atoms with Crippen molar-refractivity contribution in [2.24, 2.45) is 0 Å². The summed E-state index contributed by atoms with van der Waals surface area (Å²) in [7, 11) is 0. The molecule has 2 amide bonds. The maximum atomic E-state index is 13.6. The fraction of sp³-hybridized carbons (Fsp3) is 0.148. The summed E-state index contributed by atoms with van der Waals surface area (Å²) < 4.78 is 10.5. The number of rotatable bonds is 13. The van der Waals surface area contributed by atoms with Crippen molar-refractivity contribution < 1.29 is 29.0 Å². The predicted molar refractivity (Wildman–Crippen MR) is 141 cm³/mol. The summed E-state index contributed by atoms with van der Waals surface area (Å²) in [5.41, 5.74) is 0.396. The molecule has 0 radical (unpaired) electrons. The number of ether oxygens (including phenoxy) is 2. The minimum atomic E-state index is -1.05. The molecule has 0 heterocycles. The number of anilines is 1. The smallest absolute Gasteiger partial charge is 0.329 e. The third-order valence-corrected chi connectivity index (χ3v) is 6.99. The normalized spacial score (nSPS) is 11.4. The fourth-order valence-electron chi connectivity index (χ4n) is 3.00. The number of amides is 2. The topological polar surface area (TPSA) is 93.1 Å². The molecule has 0 aliphatic carbocycles. The Hall–Kier alpha value is -3.53. The molecule has 0 aliphatic heterocycles. The van der Waals surface area contributed by atoms with Crippen LogP contribution in [0, 0.1) is 0 Å². The van der Waals surface area contributed by atoms with Gasteiger partial charge in [-0.05, 0) is 55.5 Å². The van der Waals surface area contributed by atoms with Crippen LogP contribution in [0.15, 0.2) is 105 Å². The Morgan fingerprint density at radius 1 is 0.861 bits per heavy atom. The maximum Gasteiger partial charge on any atom is 0.329 e. The van der Waals surface area contributed by atoms with Crippen LogP contribution in [0.1, 0.15) is 6.92 Å². The summed E-state index contributed by atoms with van der Waals surface area (Å²) in [6, 6.07) is 25.7. The molecular formula is C27H25NO6S2. The number of carboxylic acid groups (broad SMARTS) is 1. The van der Waals surface area contributed by atoms with Gasteiger partial charge in [-0.25, -0.2) is 9.69 Å². The van der Waals surface area contributed by atoms with E-state index >= 15 is 0 Å². The number of carboxylic acids is 1. The molecule has 0 aliphatic rings. The number of imide groups is 1. The van der Waals surface area contributed by atoms with Gasteiger partial charge in [-0.2, -0.15) is 0 Å². The standard InChI is InChI=1S/C27H25NO6S2/c1-20(35-23-8-4-2-5-9-23)26(36-24-10-6-3-7-11-24)27(32)28(19-29)21-12-14-22(15-13-21)34-17-16-33-18-25(30)31/h2-15,19H,16-18H2,1H3,(H,30,31)/b26-20-. The third kappa shape index (κ3) is 8.30. The van der Waals surface area contributed by atoms with Crippen LogP contribution in [0.25, 0.3) is 0 Å². The first-order valence-corrected chi connectivity index (χ1v) is 12.6. The Labute approximate surface area is 218 Å². The van der Waals surface area contributed by atoms with E-state index in [1.165, 1.54) is 23.5 Å². The minimum Gasteiger partial charge on any atom is -0.491 e. The highest BCUT2D eigenvalue weighted by atomic mass is 32.2. The van der Waals surface area contributed by atoms with Gasteiger partial charge in [0.05, 0.1) is 17.2 Å². The highest BCUT2D eigenvalue weighted by Gasteiger charge is 2.23. The Kier molecular flexibility index (Phi) is 10.6. The van der Waals surface area contributed by atoms with E-state index in [9.17, 15) is 14.4 Å². The second kappa shape index (κ2) is 14.1. The lowest BCUT2D eigenvalue weighted by Gasteiger charge is -2.19. The molecule has 7 nitrogen and oxygen atoms in total. The summed E-state index contributed by atoms with van der Waals surface area (Å²) >= 11 is 2.78. The van der Waals surface area contributed by atoms with Crippen LogP contribution in [-0.4, -0.2) is 43.2 Å². The summed E-state index contributed by atoms with van der Waals surface area (Å²) in [5.74, 6) is -0.981. The van der Waals surface area contributed by atoms with Crippen molar-refractivity contribution in [2.75, 3.05) is 24.7 Å². The molecule has 3 aromatic carbocycles. The van der Waals surface area contributed by atoms with Crippen LogP contribution in [0.3, 0.4) is 0 Å². The van der Waals surface area contributed by atoms with Crippen molar-refractivity contribution in [1.29, 1.82) is 0 Å². The van der Waals surface area contributed by atoms with E-state index in [1.54, 1.807) is 24.3 Å². The van der Waals surface area contributed by atoms with Gasteiger partial charge in [0.25, 0.3) is 5.91 Å². The van der Waals surface area contributed by atoms with Gasteiger partial charge < -0.3 is 14.6 Å². The van der Waals surface area contributed by atoms with E-state index in [-0.39, 0.29) is 13.2 Å². The van der Waals surface area contributed by atoms with Crippen molar-refractivity contribution in [3.63, 3.8) is 0 Å². The highest BCUT2D eigenvalue weighted by Crippen LogP contribution is 2.38. The molecule has 3 rings (SSSR count).